The monoisotopic (exact) mass is 433 g/mol. The average molecular weight is 433 g/mol. The Labute approximate surface area is 162 Å². The first kappa shape index (κ1) is 22.2. The molecule has 0 bridgehead atoms. The largest absolute Gasteiger partial charge is 0.493 e. The highest BCUT2D eigenvalue weighted by Crippen LogP contribution is 2.30. The first-order valence-electron chi connectivity index (χ1n) is 7.64. The van der Waals surface area contributed by atoms with Crippen molar-refractivity contribution < 1.29 is 39.8 Å². The SMILES string of the molecule is COc1ccc(CS(=O)(=O)C(C#N)=Cc2c(F)c(F)c(F)c(F)c2F)cc1OC. The van der Waals surface area contributed by atoms with E-state index in [4.69, 9.17) is 14.7 Å². The summed E-state index contributed by atoms with van der Waals surface area (Å²) in [5.41, 5.74) is -1.41. The van der Waals surface area contributed by atoms with Gasteiger partial charge in [0.1, 0.15) is 11.0 Å². The maximum absolute atomic E-state index is 13.8. The van der Waals surface area contributed by atoms with Crippen molar-refractivity contribution in [3.05, 3.63) is 63.3 Å². The molecule has 2 rings (SSSR count). The van der Waals surface area contributed by atoms with Crippen molar-refractivity contribution in [2.45, 2.75) is 5.75 Å². The molecule has 0 saturated carbocycles. The molecule has 0 heterocycles. The summed E-state index contributed by atoms with van der Waals surface area (Å²) in [6, 6.07) is 5.24. The van der Waals surface area contributed by atoms with Crippen LogP contribution in [-0.2, 0) is 15.6 Å². The lowest BCUT2D eigenvalue weighted by Gasteiger charge is -2.10. The fourth-order valence-corrected chi connectivity index (χ4v) is 3.55. The molecule has 11 heteroatoms. The van der Waals surface area contributed by atoms with Gasteiger partial charge in [-0.25, -0.2) is 30.4 Å². The van der Waals surface area contributed by atoms with Crippen molar-refractivity contribution in [3.8, 4) is 17.6 Å². The van der Waals surface area contributed by atoms with Crippen LogP contribution in [0.2, 0.25) is 0 Å². The van der Waals surface area contributed by atoms with E-state index >= 15 is 0 Å². The van der Waals surface area contributed by atoms with Crippen LogP contribution in [0.5, 0.6) is 11.5 Å². The van der Waals surface area contributed by atoms with Crippen LogP contribution >= 0.6 is 0 Å². The Morgan fingerprint density at radius 2 is 1.48 bits per heavy atom. The molecule has 0 aromatic heterocycles. The Balaban J connectivity index is 2.53. The van der Waals surface area contributed by atoms with Gasteiger partial charge in [0, 0.05) is 0 Å². The van der Waals surface area contributed by atoms with Crippen LogP contribution in [0, 0.1) is 40.4 Å². The molecule has 0 spiro atoms. The van der Waals surface area contributed by atoms with E-state index in [1.54, 1.807) is 0 Å². The van der Waals surface area contributed by atoms with Crippen LogP contribution in [0.1, 0.15) is 11.1 Å². The molecule has 0 N–H and O–H groups in total. The Morgan fingerprint density at radius 1 is 0.966 bits per heavy atom. The molecule has 0 fully saturated rings. The molecule has 0 aliphatic carbocycles. The van der Waals surface area contributed by atoms with Crippen LogP contribution in [-0.4, -0.2) is 22.6 Å². The van der Waals surface area contributed by atoms with Gasteiger partial charge in [0.25, 0.3) is 0 Å². The van der Waals surface area contributed by atoms with Gasteiger partial charge in [-0.1, -0.05) is 6.07 Å². The fourth-order valence-electron chi connectivity index (χ4n) is 2.34. The van der Waals surface area contributed by atoms with E-state index in [0.717, 1.165) is 0 Å². The van der Waals surface area contributed by atoms with Gasteiger partial charge in [0.15, 0.2) is 44.6 Å². The van der Waals surface area contributed by atoms with E-state index in [0.29, 0.717) is 5.75 Å². The van der Waals surface area contributed by atoms with Gasteiger partial charge in [0.05, 0.1) is 25.5 Å². The van der Waals surface area contributed by atoms with Gasteiger partial charge >= 0.3 is 0 Å². The summed E-state index contributed by atoms with van der Waals surface area (Å²) >= 11 is 0. The topological polar surface area (TPSA) is 76.4 Å². The second-order valence-electron chi connectivity index (χ2n) is 5.55. The predicted molar refractivity (Wildman–Crippen MR) is 92.0 cm³/mol. The number of hydrogen-bond acceptors (Lipinski definition) is 5. The molecule has 0 amide bonds. The maximum Gasteiger partial charge on any atom is 0.200 e. The van der Waals surface area contributed by atoms with Gasteiger partial charge < -0.3 is 9.47 Å². The van der Waals surface area contributed by atoms with Crippen LogP contribution in [0.4, 0.5) is 22.0 Å². The molecule has 2 aromatic carbocycles. The van der Waals surface area contributed by atoms with Crippen LogP contribution in [0.3, 0.4) is 0 Å². The summed E-state index contributed by atoms with van der Waals surface area (Å²) < 4.78 is 102. The van der Waals surface area contributed by atoms with Crippen molar-refractivity contribution in [1.29, 1.82) is 5.26 Å². The molecule has 0 atom stereocenters. The minimum absolute atomic E-state index is 0.104. The zero-order valence-corrected chi connectivity index (χ0v) is 15.7. The van der Waals surface area contributed by atoms with Gasteiger partial charge in [-0.05, 0) is 23.8 Å². The Bertz CT molecular complexity index is 1110. The second-order valence-corrected chi connectivity index (χ2v) is 7.51. The zero-order valence-electron chi connectivity index (χ0n) is 14.9. The summed E-state index contributed by atoms with van der Waals surface area (Å²) in [7, 11) is -1.84. The summed E-state index contributed by atoms with van der Waals surface area (Å²) in [6.45, 7) is 0. The number of ether oxygens (including phenoxy) is 2. The van der Waals surface area contributed by atoms with Crippen molar-refractivity contribution in [1.82, 2.24) is 0 Å². The molecule has 29 heavy (non-hydrogen) atoms. The van der Waals surface area contributed by atoms with Gasteiger partial charge in [0.2, 0.25) is 5.82 Å². The molecular formula is C18H12F5NO4S. The molecule has 154 valence electrons. The van der Waals surface area contributed by atoms with Crippen LogP contribution < -0.4 is 9.47 Å². The number of hydrogen-bond donors (Lipinski definition) is 0. The van der Waals surface area contributed by atoms with E-state index in [1.165, 1.54) is 38.5 Å². The minimum atomic E-state index is -4.51. The van der Waals surface area contributed by atoms with Crippen molar-refractivity contribution in [3.63, 3.8) is 0 Å². The highest BCUT2D eigenvalue weighted by atomic mass is 32.2. The van der Waals surface area contributed by atoms with Crippen LogP contribution in [0.15, 0.2) is 23.1 Å². The molecule has 0 aliphatic heterocycles. The number of benzene rings is 2. The first-order valence-corrected chi connectivity index (χ1v) is 9.29. The average Bonchev–Trinajstić information content (AvgIpc) is 2.70. The number of halogens is 5. The lowest BCUT2D eigenvalue weighted by molar-refractivity contribution is 0.354. The molecule has 0 radical (unpaired) electrons. The van der Waals surface area contributed by atoms with E-state index in [-0.39, 0.29) is 17.4 Å². The lowest BCUT2D eigenvalue weighted by Crippen LogP contribution is -2.09. The normalized spacial score (nSPS) is 11.9. The Morgan fingerprint density at radius 3 is 1.97 bits per heavy atom. The number of allylic oxidation sites excluding steroid dienone is 1. The smallest absolute Gasteiger partial charge is 0.200 e. The Hall–Kier alpha value is -3.13. The second kappa shape index (κ2) is 8.48. The molecule has 0 aliphatic rings. The lowest BCUT2D eigenvalue weighted by atomic mass is 10.1. The number of rotatable bonds is 6. The van der Waals surface area contributed by atoms with Crippen molar-refractivity contribution >= 4 is 15.9 Å². The van der Waals surface area contributed by atoms with E-state index in [9.17, 15) is 30.4 Å². The summed E-state index contributed by atoms with van der Waals surface area (Å²) in [4.78, 5) is -1.18. The van der Waals surface area contributed by atoms with Gasteiger partial charge in [-0.2, -0.15) is 5.26 Å². The van der Waals surface area contributed by atoms with Crippen molar-refractivity contribution in [2.75, 3.05) is 14.2 Å². The van der Waals surface area contributed by atoms with E-state index < -0.39 is 55.1 Å². The highest BCUT2D eigenvalue weighted by Gasteiger charge is 2.27. The standard InChI is InChI=1S/C18H12F5NO4S/c1-27-12-4-3-9(5-13(12)28-2)8-29(25,26)10(7-24)6-11-14(19)16(21)18(23)17(22)15(11)20/h3-6H,8H2,1-2H3. The van der Waals surface area contributed by atoms with Gasteiger partial charge in [-0.3, -0.25) is 0 Å². The molecule has 0 saturated heterocycles. The number of sulfone groups is 1. The van der Waals surface area contributed by atoms with Crippen LogP contribution in [0.25, 0.3) is 6.08 Å². The number of nitrogens with zero attached hydrogens (tertiary/aromatic N) is 1. The third kappa shape index (κ3) is 4.32. The third-order valence-corrected chi connectivity index (χ3v) is 5.36. The molecule has 5 nitrogen and oxygen atoms in total. The maximum atomic E-state index is 13.8. The molecular weight excluding hydrogens is 421 g/mol. The predicted octanol–water partition coefficient (Wildman–Crippen LogP) is 3.88. The minimum Gasteiger partial charge on any atom is -0.493 e. The highest BCUT2D eigenvalue weighted by molar-refractivity contribution is 7.95. The third-order valence-electron chi connectivity index (χ3n) is 3.77. The number of nitriles is 1. The van der Waals surface area contributed by atoms with Crippen molar-refractivity contribution in [2.24, 2.45) is 0 Å². The van der Waals surface area contributed by atoms with E-state index in [1.807, 2.05) is 0 Å². The number of methoxy groups -OCH3 is 2. The molecule has 0 unspecified atom stereocenters. The van der Waals surface area contributed by atoms with Gasteiger partial charge in [-0.15, -0.1) is 0 Å². The first-order chi connectivity index (χ1) is 13.6. The quantitative estimate of drug-likeness (QED) is 0.299. The summed E-state index contributed by atoms with van der Waals surface area (Å²) in [5, 5.41) is 9.11. The summed E-state index contributed by atoms with van der Waals surface area (Å²) in [6.07, 6.45) is 0.104. The Kier molecular flexibility index (Phi) is 6.48. The molecule has 2 aromatic rings. The fraction of sp³-hybridized carbons (Fsp3) is 0.167. The summed E-state index contributed by atoms with van der Waals surface area (Å²) in [5.74, 6) is -11.7. The van der Waals surface area contributed by atoms with E-state index in [2.05, 4.69) is 0 Å². The zero-order chi connectivity index (χ0) is 21.9.